The van der Waals surface area contributed by atoms with E-state index in [0.29, 0.717) is 5.02 Å². The van der Waals surface area contributed by atoms with Crippen molar-refractivity contribution in [3.05, 3.63) is 29.0 Å². The van der Waals surface area contributed by atoms with Crippen molar-refractivity contribution >= 4 is 22.6 Å². The summed E-state index contributed by atoms with van der Waals surface area (Å²) in [4.78, 5) is 4.48. The van der Waals surface area contributed by atoms with Gasteiger partial charge in [0.15, 0.2) is 0 Å². The van der Waals surface area contributed by atoms with Crippen LogP contribution < -0.4 is 0 Å². The fraction of sp³-hybridized carbons (Fsp3) is 0.364. The van der Waals surface area contributed by atoms with Crippen LogP contribution in [-0.2, 0) is 13.5 Å². The summed E-state index contributed by atoms with van der Waals surface area (Å²) < 4.78 is 2.04. The molecule has 0 amide bonds. The zero-order valence-corrected chi connectivity index (χ0v) is 9.33. The molecule has 0 saturated carbocycles. The molecule has 80 valence electrons. The van der Waals surface area contributed by atoms with E-state index in [-0.39, 0.29) is 6.61 Å². The van der Waals surface area contributed by atoms with Crippen molar-refractivity contribution in [3.63, 3.8) is 0 Å². The quantitative estimate of drug-likeness (QED) is 0.868. The first-order valence-corrected chi connectivity index (χ1v) is 5.32. The van der Waals surface area contributed by atoms with Gasteiger partial charge in [0.1, 0.15) is 5.82 Å². The number of nitrogens with zero attached hydrogens (tertiary/aromatic N) is 2. The van der Waals surface area contributed by atoms with Crippen molar-refractivity contribution in [3.8, 4) is 0 Å². The molecule has 2 rings (SSSR count). The molecule has 0 atom stereocenters. The third kappa shape index (κ3) is 1.98. The van der Waals surface area contributed by atoms with Crippen molar-refractivity contribution in [1.29, 1.82) is 0 Å². The lowest BCUT2D eigenvalue weighted by Crippen LogP contribution is -1.99. The van der Waals surface area contributed by atoms with Crippen molar-refractivity contribution in [1.82, 2.24) is 9.55 Å². The third-order valence-electron chi connectivity index (χ3n) is 2.49. The second-order valence-electron chi connectivity index (χ2n) is 3.55. The fourth-order valence-corrected chi connectivity index (χ4v) is 1.85. The molecule has 0 aliphatic carbocycles. The van der Waals surface area contributed by atoms with Crippen molar-refractivity contribution in [2.24, 2.45) is 7.05 Å². The van der Waals surface area contributed by atoms with E-state index in [9.17, 15) is 0 Å². The molecule has 0 fully saturated rings. The maximum atomic E-state index is 8.78. The van der Waals surface area contributed by atoms with Gasteiger partial charge in [-0.1, -0.05) is 11.6 Å². The molecule has 1 aromatic carbocycles. The van der Waals surface area contributed by atoms with Gasteiger partial charge in [0.2, 0.25) is 0 Å². The van der Waals surface area contributed by atoms with E-state index in [4.69, 9.17) is 16.7 Å². The third-order valence-corrected chi connectivity index (χ3v) is 2.73. The van der Waals surface area contributed by atoms with Gasteiger partial charge in [-0.15, -0.1) is 0 Å². The molecule has 15 heavy (non-hydrogen) atoms. The van der Waals surface area contributed by atoms with Gasteiger partial charge in [-0.05, 0) is 24.6 Å². The van der Waals surface area contributed by atoms with Crippen LogP contribution in [0.5, 0.6) is 0 Å². The lowest BCUT2D eigenvalue weighted by Gasteiger charge is -2.00. The van der Waals surface area contributed by atoms with E-state index in [1.54, 1.807) is 0 Å². The van der Waals surface area contributed by atoms with E-state index >= 15 is 0 Å². The van der Waals surface area contributed by atoms with Crippen LogP contribution >= 0.6 is 11.6 Å². The van der Waals surface area contributed by atoms with Crippen LogP contribution in [0.15, 0.2) is 18.2 Å². The molecule has 1 N–H and O–H groups in total. The Kier molecular flexibility index (Phi) is 2.93. The average Bonchev–Trinajstić information content (AvgIpc) is 2.52. The largest absolute Gasteiger partial charge is 0.396 e. The molecule has 0 radical (unpaired) electrons. The number of fused-ring (bicyclic) bond motifs is 1. The molecule has 0 spiro atoms. The zero-order chi connectivity index (χ0) is 10.8. The Balaban J connectivity index is 2.44. The number of aromatic nitrogens is 2. The normalized spacial score (nSPS) is 11.1. The average molecular weight is 225 g/mol. The summed E-state index contributed by atoms with van der Waals surface area (Å²) in [6.45, 7) is 0.198. The highest BCUT2D eigenvalue weighted by molar-refractivity contribution is 6.31. The van der Waals surface area contributed by atoms with Gasteiger partial charge < -0.3 is 9.67 Å². The number of halogens is 1. The van der Waals surface area contributed by atoms with Crippen molar-refractivity contribution in [2.75, 3.05) is 6.61 Å². The van der Waals surface area contributed by atoms with E-state index in [0.717, 1.165) is 29.7 Å². The summed E-state index contributed by atoms with van der Waals surface area (Å²) in [6, 6.07) is 5.69. The lowest BCUT2D eigenvalue weighted by molar-refractivity contribution is 0.287. The molecule has 1 heterocycles. The van der Waals surface area contributed by atoms with Crippen LogP contribution in [0.4, 0.5) is 0 Å². The smallest absolute Gasteiger partial charge is 0.109 e. The van der Waals surface area contributed by atoms with Gasteiger partial charge in [-0.2, -0.15) is 0 Å². The number of benzene rings is 1. The Morgan fingerprint density at radius 1 is 1.47 bits per heavy atom. The SMILES string of the molecule is Cn1c(CCCO)nc2cc(Cl)ccc21. The maximum absolute atomic E-state index is 8.78. The summed E-state index contributed by atoms with van der Waals surface area (Å²) in [6.07, 6.45) is 1.53. The van der Waals surface area contributed by atoms with Gasteiger partial charge in [-0.25, -0.2) is 4.98 Å². The first-order valence-electron chi connectivity index (χ1n) is 4.94. The minimum atomic E-state index is 0.198. The highest BCUT2D eigenvalue weighted by Gasteiger charge is 2.07. The zero-order valence-electron chi connectivity index (χ0n) is 8.57. The molecule has 0 unspecified atom stereocenters. The number of rotatable bonds is 3. The minimum absolute atomic E-state index is 0.198. The van der Waals surface area contributed by atoms with Crippen LogP contribution in [0.25, 0.3) is 11.0 Å². The Hall–Kier alpha value is -1.06. The summed E-state index contributed by atoms with van der Waals surface area (Å²) in [5.74, 6) is 0.987. The predicted octanol–water partition coefficient (Wildman–Crippen LogP) is 2.15. The van der Waals surface area contributed by atoms with Crippen LogP contribution in [0, 0.1) is 0 Å². The van der Waals surface area contributed by atoms with Crippen molar-refractivity contribution < 1.29 is 5.11 Å². The van der Waals surface area contributed by atoms with Crippen molar-refractivity contribution in [2.45, 2.75) is 12.8 Å². The first-order chi connectivity index (χ1) is 7.22. The molecular weight excluding hydrogens is 212 g/mol. The van der Waals surface area contributed by atoms with Crippen LogP contribution in [0.3, 0.4) is 0 Å². The molecule has 3 nitrogen and oxygen atoms in total. The number of imidazole rings is 1. The standard InChI is InChI=1S/C11H13ClN2O/c1-14-10-5-4-8(12)7-9(10)13-11(14)3-2-6-15/h4-5,7,15H,2-3,6H2,1H3. The molecular formula is C11H13ClN2O. The monoisotopic (exact) mass is 224 g/mol. The van der Waals surface area contributed by atoms with Gasteiger partial charge in [0.05, 0.1) is 11.0 Å². The Labute approximate surface area is 93.3 Å². The van der Waals surface area contributed by atoms with E-state index in [1.165, 1.54) is 0 Å². The lowest BCUT2D eigenvalue weighted by atomic mass is 10.3. The molecule has 0 bridgehead atoms. The molecule has 0 aliphatic rings. The molecule has 2 aromatic rings. The van der Waals surface area contributed by atoms with Gasteiger partial charge in [0, 0.05) is 25.1 Å². The van der Waals surface area contributed by atoms with Gasteiger partial charge in [-0.3, -0.25) is 0 Å². The number of aryl methyl sites for hydroxylation is 2. The Bertz CT molecular complexity index is 479. The predicted molar refractivity (Wildman–Crippen MR) is 61.1 cm³/mol. The number of aliphatic hydroxyl groups excluding tert-OH is 1. The topological polar surface area (TPSA) is 38.0 Å². The van der Waals surface area contributed by atoms with Gasteiger partial charge >= 0.3 is 0 Å². The second kappa shape index (κ2) is 4.21. The highest BCUT2D eigenvalue weighted by Crippen LogP contribution is 2.19. The summed E-state index contributed by atoms with van der Waals surface area (Å²) in [5.41, 5.74) is 1.99. The number of aliphatic hydroxyl groups is 1. The molecule has 1 aromatic heterocycles. The molecule has 0 aliphatic heterocycles. The van der Waals surface area contributed by atoms with E-state index < -0.39 is 0 Å². The van der Waals surface area contributed by atoms with Crippen LogP contribution in [-0.4, -0.2) is 21.3 Å². The Morgan fingerprint density at radius 2 is 2.27 bits per heavy atom. The second-order valence-corrected chi connectivity index (χ2v) is 3.98. The fourth-order valence-electron chi connectivity index (χ4n) is 1.68. The van der Waals surface area contributed by atoms with Gasteiger partial charge in [0.25, 0.3) is 0 Å². The summed E-state index contributed by atoms with van der Waals surface area (Å²) in [7, 11) is 1.98. The number of hydrogen-bond acceptors (Lipinski definition) is 2. The van der Waals surface area contributed by atoms with Crippen LogP contribution in [0.1, 0.15) is 12.2 Å². The molecule has 0 saturated heterocycles. The van der Waals surface area contributed by atoms with Crippen LogP contribution in [0.2, 0.25) is 5.02 Å². The molecule has 4 heteroatoms. The van der Waals surface area contributed by atoms with E-state index in [2.05, 4.69) is 4.98 Å². The van der Waals surface area contributed by atoms with E-state index in [1.807, 2.05) is 29.8 Å². The maximum Gasteiger partial charge on any atom is 0.109 e. The Morgan fingerprint density at radius 3 is 3.00 bits per heavy atom. The summed E-state index contributed by atoms with van der Waals surface area (Å²) in [5, 5.41) is 9.48. The summed E-state index contributed by atoms with van der Waals surface area (Å²) >= 11 is 5.90. The number of hydrogen-bond donors (Lipinski definition) is 1. The minimum Gasteiger partial charge on any atom is -0.396 e. The first kappa shape index (κ1) is 10.5. The highest BCUT2D eigenvalue weighted by atomic mass is 35.5.